The van der Waals surface area contributed by atoms with Crippen molar-refractivity contribution >= 4 is 28.6 Å². The Morgan fingerprint density at radius 3 is 2.42 bits per heavy atom. The second-order valence-electron chi connectivity index (χ2n) is 12.6. The van der Waals surface area contributed by atoms with Crippen LogP contribution in [-0.2, 0) is 30.3 Å². The van der Waals surface area contributed by atoms with Crippen LogP contribution < -0.4 is 0 Å². The molecule has 1 aliphatic heterocycles. The van der Waals surface area contributed by atoms with Crippen LogP contribution in [0.5, 0.6) is 0 Å². The van der Waals surface area contributed by atoms with Crippen molar-refractivity contribution in [3.63, 3.8) is 0 Å². The van der Waals surface area contributed by atoms with Gasteiger partial charge < -0.3 is 19.4 Å². The van der Waals surface area contributed by atoms with Crippen LogP contribution in [0.25, 0.3) is 10.9 Å². The zero-order valence-corrected chi connectivity index (χ0v) is 27.0. The number of benzene rings is 2. The maximum Gasteiger partial charge on any atom is 0.328 e. The Balaban J connectivity index is 1.30. The lowest BCUT2D eigenvalue weighted by Gasteiger charge is -2.39. The van der Waals surface area contributed by atoms with Crippen LogP contribution >= 0.6 is 0 Å². The third kappa shape index (κ3) is 8.41. The van der Waals surface area contributed by atoms with Gasteiger partial charge in [-0.25, -0.2) is 4.79 Å². The molecule has 1 fully saturated rings. The van der Waals surface area contributed by atoms with Gasteiger partial charge >= 0.3 is 5.97 Å². The highest BCUT2D eigenvalue weighted by Gasteiger charge is 2.37. The Morgan fingerprint density at radius 1 is 0.956 bits per heavy atom. The maximum absolute atomic E-state index is 13.8. The van der Waals surface area contributed by atoms with Gasteiger partial charge in [0.2, 0.25) is 5.91 Å². The fraction of sp³-hybridized carbons (Fsp3) is 0.541. The Morgan fingerprint density at radius 2 is 1.67 bits per heavy atom. The Labute approximate surface area is 267 Å². The average molecular weight is 616 g/mol. The number of aromatic amines is 1. The average Bonchev–Trinajstić information content (AvgIpc) is 3.70. The van der Waals surface area contributed by atoms with Gasteiger partial charge in [0.25, 0.3) is 0 Å². The first kappa shape index (κ1) is 32.9. The number of hydrogen-bond donors (Lipinski definition) is 1. The van der Waals surface area contributed by atoms with Crippen molar-refractivity contribution in [2.45, 2.75) is 95.7 Å². The van der Waals surface area contributed by atoms with E-state index in [1.807, 2.05) is 55.3 Å². The Kier molecular flexibility index (Phi) is 11.8. The third-order valence-corrected chi connectivity index (χ3v) is 9.37. The molecule has 0 bridgehead atoms. The van der Waals surface area contributed by atoms with Crippen molar-refractivity contribution in [2.75, 3.05) is 33.4 Å². The van der Waals surface area contributed by atoms with Crippen molar-refractivity contribution < 1.29 is 23.9 Å². The Hall–Kier alpha value is -3.49. The van der Waals surface area contributed by atoms with Gasteiger partial charge in [0.1, 0.15) is 18.8 Å². The van der Waals surface area contributed by atoms with Gasteiger partial charge in [0.05, 0.1) is 6.04 Å². The SMILES string of the molecule is CCOCC(=O)CCCCCCC(=O)N1CCc2c([nH]c3ccccc23)C1CN(C)[C@H](C(=O)OC1CCCC1)c1ccccc1. The minimum atomic E-state index is -0.566. The molecule has 45 heavy (non-hydrogen) atoms. The number of amides is 1. The molecule has 2 heterocycles. The highest BCUT2D eigenvalue weighted by molar-refractivity contribution is 5.86. The Bertz CT molecular complexity index is 1410. The number of aromatic nitrogens is 1. The molecular weight excluding hydrogens is 566 g/mol. The minimum Gasteiger partial charge on any atom is -0.461 e. The van der Waals surface area contributed by atoms with Crippen LogP contribution in [0.1, 0.15) is 100 Å². The van der Waals surface area contributed by atoms with Crippen LogP contribution in [0.15, 0.2) is 54.6 Å². The van der Waals surface area contributed by atoms with E-state index in [0.717, 1.165) is 74.6 Å². The molecule has 2 atom stereocenters. The van der Waals surface area contributed by atoms with Gasteiger partial charge in [-0.2, -0.15) is 0 Å². The largest absolute Gasteiger partial charge is 0.461 e. The second kappa shape index (κ2) is 16.2. The molecule has 2 aliphatic rings. The van der Waals surface area contributed by atoms with Gasteiger partial charge in [-0.15, -0.1) is 0 Å². The first-order valence-corrected chi connectivity index (χ1v) is 16.9. The summed E-state index contributed by atoms with van der Waals surface area (Å²) >= 11 is 0. The monoisotopic (exact) mass is 615 g/mol. The topological polar surface area (TPSA) is 91.9 Å². The number of esters is 1. The summed E-state index contributed by atoms with van der Waals surface area (Å²) in [6.07, 6.45) is 9.25. The van der Waals surface area contributed by atoms with Crippen molar-refractivity contribution in [3.05, 3.63) is 71.4 Å². The number of Topliss-reactive ketones (excluding diaryl/α,β-unsaturated/α-hetero) is 1. The number of fused-ring (bicyclic) bond motifs is 3. The summed E-state index contributed by atoms with van der Waals surface area (Å²) in [5.74, 6) is 0.0547. The van der Waals surface area contributed by atoms with Crippen molar-refractivity contribution in [2.24, 2.45) is 0 Å². The molecule has 5 rings (SSSR count). The zero-order chi connectivity index (χ0) is 31.6. The van der Waals surface area contributed by atoms with E-state index in [9.17, 15) is 14.4 Å². The predicted octanol–water partition coefficient (Wildman–Crippen LogP) is 6.70. The van der Waals surface area contributed by atoms with Gasteiger partial charge in [-0.3, -0.25) is 14.5 Å². The predicted molar refractivity (Wildman–Crippen MR) is 176 cm³/mol. The molecule has 1 saturated carbocycles. The summed E-state index contributed by atoms with van der Waals surface area (Å²) in [6, 6.07) is 17.4. The molecule has 1 unspecified atom stereocenters. The van der Waals surface area contributed by atoms with Crippen LogP contribution in [0, 0.1) is 0 Å². The molecule has 3 aromatic rings. The number of nitrogens with one attached hydrogen (secondary N) is 1. The molecule has 0 saturated heterocycles. The summed E-state index contributed by atoms with van der Waals surface area (Å²) in [5.41, 5.74) is 4.29. The highest BCUT2D eigenvalue weighted by Crippen LogP contribution is 2.37. The van der Waals surface area contributed by atoms with Crippen molar-refractivity contribution in [1.29, 1.82) is 0 Å². The number of rotatable bonds is 16. The van der Waals surface area contributed by atoms with Crippen LogP contribution in [-0.4, -0.2) is 71.9 Å². The molecular formula is C37H49N3O5. The fourth-order valence-corrected chi connectivity index (χ4v) is 7.01. The normalized spacial score (nSPS) is 17.5. The lowest BCUT2D eigenvalue weighted by Crippen LogP contribution is -2.46. The zero-order valence-electron chi connectivity index (χ0n) is 27.0. The minimum absolute atomic E-state index is 0.0204. The van der Waals surface area contributed by atoms with Gasteiger partial charge in [-0.05, 0) is 76.1 Å². The molecule has 0 spiro atoms. The number of likely N-dealkylation sites (N-methyl/N-ethyl adjacent to an activating group) is 1. The number of nitrogens with zero attached hydrogens (tertiary/aromatic N) is 2. The van der Waals surface area contributed by atoms with Crippen LogP contribution in [0.2, 0.25) is 0 Å². The summed E-state index contributed by atoms with van der Waals surface area (Å²) in [4.78, 5) is 47.2. The summed E-state index contributed by atoms with van der Waals surface area (Å²) in [7, 11) is 1.97. The standard InChI is InChI=1S/C37H49N3O5/c1-3-44-26-28(41)17-9-4-5-10-22-34(42)40-24-23-31-30-20-13-14-21-32(30)38-35(31)33(40)25-39(2)36(27-15-7-6-8-16-27)37(43)45-29-18-11-12-19-29/h6-8,13-16,20-21,29,33,36,38H,3-5,9-12,17-19,22-26H2,1-2H3/t33?,36-/m0/s1. The number of ether oxygens (including phenoxy) is 2. The lowest BCUT2D eigenvalue weighted by atomic mass is 9.95. The molecule has 8 heteroatoms. The molecule has 0 radical (unpaired) electrons. The summed E-state index contributed by atoms with van der Waals surface area (Å²) in [5, 5.41) is 1.20. The number of H-pyrrole nitrogens is 1. The van der Waals surface area contributed by atoms with Gasteiger partial charge in [0.15, 0.2) is 5.78 Å². The highest BCUT2D eigenvalue weighted by atomic mass is 16.5. The number of carbonyl (C=O) groups excluding carboxylic acids is 3. The molecule has 242 valence electrons. The lowest BCUT2D eigenvalue weighted by molar-refractivity contribution is -0.155. The van der Waals surface area contributed by atoms with E-state index < -0.39 is 6.04 Å². The molecule has 1 aliphatic carbocycles. The number of ketones is 1. The van der Waals surface area contributed by atoms with E-state index in [0.29, 0.717) is 32.5 Å². The van der Waals surface area contributed by atoms with Crippen molar-refractivity contribution in [3.8, 4) is 0 Å². The summed E-state index contributed by atoms with van der Waals surface area (Å²) < 4.78 is 11.3. The first-order valence-electron chi connectivity index (χ1n) is 16.9. The first-order chi connectivity index (χ1) is 22.0. The molecule has 1 aromatic heterocycles. The third-order valence-electron chi connectivity index (χ3n) is 9.37. The molecule has 2 aromatic carbocycles. The number of hydrogen-bond acceptors (Lipinski definition) is 6. The van der Waals surface area contributed by atoms with E-state index in [1.165, 1.54) is 10.9 Å². The molecule has 8 nitrogen and oxygen atoms in total. The number of para-hydroxylation sites is 1. The van der Waals surface area contributed by atoms with E-state index in [4.69, 9.17) is 9.47 Å². The molecule has 1 amide bonds. The van der Waals surface area contributed by atoms with Crippen LogP contribution in [0.3, 0.4) is 0 Å². The molecule has 1 N–H and O–H groups in total. The van der Waals surface area contributed by atoms with E-state index in [-0.39, 0.29) is 36.4 Å². The van der Waals surface area contributed by atoms with Crippen LogP contribution in [0.4, 0.5) is 0 Å². The number of carbonyl (C=O) groups is 3. The smallest absolute Gasteiger partial charge is 0.328 e. The maximum atomic E-state index is 13.8. The summed E-state index contributed by atoms with van der Waals surface area (Å²) in [6.45, 7) is 3.77. The van der Waals surface area contributed by atoms with Gasteiger partial charge in [-0.1, -0.05) is 61.4 Å². The van der Waals surface area contributed by atoms with E-state index >= 15 is 0 Å². The van der Waals surface area contributed by atoms with E-state index in [1.54, 1.807) is 0 Å². The van der Waals surface area contributed by atoms with E-state index in [2.05, 4.69) is 28.1 Å². The second-order valence-corrected chi connectivity index (χ2v) is 12.6. The quantitative estimate of drug-likeness (QED) is 0.142. The van der Waals surface area contributed by atoms with Gasteiger partial charge in [0, 0.05) is 49.1 Å². The number of unbranched alkanes of at least 4 members (excludes halogenated alkanes) is 3. The van der Waals surface area contributed by atoms with Crippen molar-refractivity contribution in [1.82, 2.24) is 14.8 Å². The fourth-order valence-electron chi connectivity index (χ4n) is 7.01.